The van der Waals surface area contributed by atoms with Gasteiger partial charge in [0, 0.05) is 35.9 Å². The van der Waals surface area contributed by atoms with Gasteiger partial charge in [-0.05, 0) is 141 Å². The zero-order valence-corrected chi connectivity index (χ0v) is 41.5. The molecule has 1 amide bonds. The average Bonchev–Trinajstić information content (AvgIpc) is 4.09. The van der Waals surface area contributed by atoms with E-state index in [9.17, 15) is 45.3 Å². The molecule has 0 bridgehead atoms. The second-order valence-corrected chi connectivity index (χ2v) is 24.8. The molecule has 6 aliphatic carbocycles. The molecule has 1 aromatic rings. The number of nitrogens with one attached hydrogen (secondary N) is 2. The SMILES string of the molecule is CC[C@H]1C[C@@]2(C(=O)O)CC[C@](C)(CO)C[C@H]2C2=CC[C@@H]3[C@]4(C)[C@H](CC[C@@]3(C)[C@@]21C)[C@](C)(CO)[C@H](O[C@@H]1OC[C@@H](O)[C@H](O)[C@H]1O)[C@H](O)[C@@H]4C[C@@H]1[C@@H]([C@H](CCCN)c2cnc[nH]2)NC(=O)C12CCCC2. The number of aromatic amines is 1. The minimum atomic E-state index is -1.61. The van der Waals surface area contributed by atoms with Crippen LogP contribution in [-0.2, 0) is 19.1 Å². The molecule has 5 saturated carbocycles. The fraction of sp³-hybridized carbons (Fsp3) is 0.868. The van der Waals surface area contributed by atoms with Gasteiger partial charge < -0.3 is 61.3 Å². The molecule has 15 heteroatoms. The van der Waals surface area contributed by atoms with Crippen molar-refractivity contribution in [2.24, 2.45) is 79.1 Å². The highest BCUT2D eigenvalue weighted by Gasteiger charge is 2.75. The normalized spacial score (nSPS) is 49.0. The number of H-pyrrole nitrogens is 1. The number of hydrogen-bond donors (Lipinski definition) is 10. The third kappa shape index (κ3) is 7.06. The van der Waals surface area contributed by atoms with Crippen molar-refractivity contribution >= 4 is 11.9 Å². The van der Waals surface area contributed by atoms with Crippen molar-refractivity contribution in [1.82, 2.24) is 15.3 Å². The highest BCUT2D eigenvalue weighted by atomic mass is 16.7. The number of carboxylic acid groups (broad SMARTS) is 1. The number of nitrogens with two attached hydrogens (primary N) is 1. The van der Waals surface area contributed by atoms with Gasteiger partial charge in [-0.15, -0.1) is 0 Å². The van der Waals surface area contributed by atoms with Crippen molar-refractivity contribution in [2.45, 2.75) is 187 Å². The van der Waals surface area contributed by atoms with E-state index in [1.807, 2.05) is 13.1 Å². The molecule has 0 radical (unpaired) electrons. The number of amides is 1. The van der Waals surface area contributed by atoms with Crippen molar-refractivity contribution in [1.29, 1.82) is 0 Å². The van der Waals surface area contributed by atoms with Crippen molar-refractivity contribution in [2.75, 3.05) is 26.4 Å². The van der Waals surface area contributed by atoms with E-state index in [0.717, 1.165) is 57.1 Å². The Morgan fingerprint density at radius 1 is 0.956 bits per heavy atom. The third-order valence-corrected chi connectivity index (χ3v) is 22.2. The number of carboxylic acids is 1. The summed E-state index contributed by atoms with van der Waals surface area (Å²) in [6.07, 6.45) is 8.22. The number of nitrogens with zero attached hydrogens (tertiary/aromatic N) is 1. The first kappa shape index (κ1) is 50.5. The van der Waals surface area contributed by atoms with E-state index in [-0.39, 0.29) is 72.7 Å². The largest absolute Gasteiger partial charge is 0.481 e. The van der Waals surface area contributed by atoms with Gasteiger partial charge in [-0.2, -0.15) is 0 Å². The molecular weight excluding hydrogens is 869 g/mol. The smallest absolute Gasteiger partial charge is 0.310 e. The molecule has 8 aliphatic rings. The summed E-state index contributed by atoms with van der Waals surface area (Å²) in [5.41, 5.74) is 3.75. The lowest BCUT2D eigenvalue weighted by Gasteiger charge is -2.74. The molecule has 1 aromatic heterocycles. The number of allylic oxidation sites excluding steroid dienone is 2. The van der Waals surface area contributed by atoms with Gasteiger partial charge >= 0.3 is 5.97 Å². The lowest BCUT2D eigenvalue weighted by Crippen LogP contribution is -2.73. The number of carbonyl (C=O) groups excluding carboxylic acids is 1. The minimum Gasteiger partial charge on any atom is -0.481 e. The van der Waals surface area contributed by atoms with Gasteiger partial charge in [0.15, 0.2) is 6.29 Å². The predicted molar refractivity (Wildman–Crippen MR) is 252 cm³/mol. The lowest BCUT2D eigenvalue weighted by molar-refractivity contribution is -0.341. The molecule has 7 fully saturated rings. The Bertz CT molecular complexity index is 2050. The summed E-state index contributed by atoms with van der Waals surface area (Å²) in [7, 11) is 0. The molecule has 68 heavy (non-hydrogen) atoms. The van der Waals surface area contributed by atoms with E-state index < -0.39 is 81.2 Å². The second-order valence-electron chi connectivity index (χ2n) is 24.8. The van der Waals surface area contributed by atoms with Crippen LogP contribution in [0, 0.1) is 73.4 Å². The van der Waals surface area contributed by atoms with Crippen LogP contribution in [0.15, 0.2) is 24.2 Å². The number of carbonyl (C=O) groups is 2. The van der Waals surface area contributed by atoms with Crippen molar-refractivity contribution < 1.29 is 54.8 Å². The Morgan fingerprint density at radius 3 is 2.32 bits per heavy atom. The van der Waals surface area contributed by atoms with Crippen LogP contribution >= 0.6 is 0 Å². The quantitative estimate of drug-likeness (QED) is 0.0944. The predicted octanol–water partition coefficient (Wildman–Crippen LogP) is 4.79. The topological polar surface area (TPSA) is 261 Å². The number of aliphatic carboxylic acids is 1. The van der Waals surface area contributed by atoms with Gasteiger partial charge in [0.1, 0.15) is 18.3 Å². The number of fused-ring (bicyclic) bond motifs is 7. The summed E-state index contributed by atoms with van der Waals surface area (Å²) < 4.78 is 12.7. The maximum absolute atomic E-state index is 14.8. The Kier molecular flexibility index (Phi) is 13.3. The van der Waals surface area contributed by atoms with Gasteiger partial charge in [-0.1, -0.05) is 72.5 Å². The Balaban J connectivity index is 1.21. The van der Waals surface area contributed by atoms with Gasteiger partial charge in [0.25, 0.3) is 0 Å². The van der Waals surface area contributed by atoms with E-state index in [0.29, 0.717) is 51.5 Å². The van der Waals surface area contributed by atoms with Crippen LogP contribution in [0.2, 0.25) is 0 Å². The summed E-state index contributed by atoms with van der Waals surface area (Å²) in [5.74, 6) is -1.99. The number of rotatable bonds is 13. The molecule has 382 valence electrons. The maximum Gasteiger partial charge on any atom is 0.310 e. The number of aliphatic hydroxyl groups is 6. The summed E-state index contributed by atoms with van der Waals surface area (Å²) in [4.78, 5) is 36.3. The van der Waals surface area contributed by atoms with Crippen molar-refractivity contribution in [3.63, 3.8) is 0 Å². The number of hydrogen-bond acceptors (Lipinski definition) is 12. The molecule has 2 aliphatic heterocycles. The molecule has 15 nitrogen and oxygen atoms in total. The van der Waals surface area contributed by atoms with Crippen molar-refractivity contribution in [3.8, 4) is 0 Å². The molecule has 11 N–H and O–H groups in total. The fourth-order valence-corrected chi connectivity index (χ4v) is 18.3. The number of aliphatic hydroxyl groups excluding tert-OH is 6. The molecular formula is C53H84N4O11. The Hall–Kier alpha value is -2.47. The lowest BCUT2D eigenvalue weighted by atomic mass is 9.30. The monoisotopic (exact) mass is 953 g/mol. The first-order chi connectivity index (χ1) is 32.2. The highest BCUT2D eigenvalue weighted by molar-refractivity contribution is 5.86. The van der Waals surface area contributed by atoms with Crippen LogP contribution in [0.25, 0.3) is 0 Å². The molecule has 0 aromatic carbocycles. The van der Waals surface area contributed by atoms with Gasteiger partial charge in [-0.3, -0.25) is 9.59 Å². The standard InChI is InChI=1S/C53H84N4O11/c1-7-29-22-53(46(65)66)19-18-47(2,26-58)23-34(53)31-12-13-38-49(4,51(29,31)6)17-14-37-48(3,27-59)43(68-44-42(63)41(62)36(60)25-67-44)40(61)33(50(37,38)5)21-32-39(57-45(64)52(32)15-8-9-16-52)30(11-10-20-54)35-24-55-28-56-35/h12,24,28-30,32-34,36-44,58-63H,7-11,13-23,25-27,54H2,1-6H3,(H,55,56)(H,57,64)(H,65,66)/t29-,30+,32+,33-,34-,36+,37+,38-,39+,40+,41-,42+,43+,44-,47-,48-,49+,50-,51+,53-/m0/s1. The second kappa shape index (κ2) is 17.9. The van der Waals surface area contributed by atoms with Crippen LogP contribution in [0.1, 0.15) is 149 Å². The first-order valence-corrected chi connectivity index (χ1v) is 26.4. The molecule has 1 spiro atoms. The van der Waals surface area contributed by atoms with E-state index in [2.05, 4.69) is 56.0 Å². The third-order valence-electron chi connectivity index (χ3n) is 22.2. The zero-order valence-electron chi connectivity index (χ0n) is 41.5. The molecule has 20 atom stereocenters. The minimum absolute atomic E-state index is 0.000474. The molecule has 0 unspecified atom stereocenters. The van der Waals surface area contributed by atoms with Crippen molar-refractivity contribution in [3.05, 3.63) is 29.9 Å². The van der Waals surface area contributed by atoms with Gasteiger partial charge in [0.2, 0.25) is 5.91 Å². The van der Waals surface area contributed by atoms with Crippen LogP contribution in [0.5, 0.6) is 0 Å². The summed E-state index contributed by atoms with van der Waals surface area (Å²) in [6.45, 7) is 13.3. The van der Waals surface area contributed by atoms with Gasteiger partial charge in [0.05, 0.1) is 42.6 Å². The summed E-state index contributed by atoms with van der Waals surface area (Å²) in [5, 5.41) is 83.6. The van der Waals surface area contributed by atoms with Gasteiger partial charge in [-0.25, -0.2) is 4.98 Å². The molecule has 2 saturated heterocycles. The molecule has 9 rings (SSSR count). The highest BCUT2D eigenvalue weighted by Crippen LogP contribution is 2.79. The number of imidazole rings is 1. The summed E-state index contributed by atoms with van der Waals surface area (Å²) in [6, 6.07) is -0.294. The zero-order chi connectivity index (χ0) is 49.0. The average molecular weight is 953 g/mol. The van der Waals surface area contributed by atoms with E-state index >= 15 is 0 Å². The fourth-order valence-electron chi connectivity index (χ4n) is 18.3. The Morgan fingerprint density at radius 2 is 1.69 bits per heavy atom. The number of ether oxygens (including phenoxy) is 2. The first-order valence-electron chi connectivity index (χ1n) is 26.4. The van der Waals surface area contributed by atoms with Crippen LogP contribution in [-0.4, -0.2) is 127 Å². The summed E-state index contributed by atoms with van der Waals surface area (Å²) >= 11 is 0. The number of aromatic nitrogens is 2. The molecule has 3 heterocycles. The maximum atomic E-state index is 14.8. The van der Waals surface area contributed by atoms with Crippen LogP contribution < -0.4 is 11.1 Å². The Labute approximate surface area is 402 Å². The van der Waals surface area contributed by atoms with E-state index in [1.165, 1.54) is 5.57 Å². The van der Waals surface area contributed by atoms with Crippen LogP contribution in [0.3, 0.4) is 0 Å². The van der Waals surface area contributed by atoms with E-state index in [1.54, 1.807) is 6.33 Å². The van der Waals surface area contributed by atoms with Crippen LogP contribution in [0.4, 0.5) is 0 Å². The van der Waals surface area contributed by atoms with E-state index in [4.69, 9.17) is 15.2 Å².